The zero-order valence-electron chi connectivity index (χ0n) is 11.4. The number of aliphatic imine (C=N–C) groups is 1. The van der Waals surface area contributed by atoms with Crippen LogP contribution in [0.1, 0.15) is 27.7 Å². The second kappa shape index (κ2) is 4.56. The summed E-state index contributed by atoms with van der Waals surface area (Å²) >= 11 is 0. The SMILES string of the molecule is CC1(C)OB(c2ccc(N=C=O)c(F)c2)OC1(C)C. The molecule has 1 heterocycles. The van der Waals surface area contributed by atoms with Crippen LogP contribution in [-0.4, -0.2) is 24.4 Å². The van der Waals surface area contributed by atoms with Crippen LogP contribution in [0.25, 0.3) is 0 Å². The van der Waals surface area contributed by atoms with E-state index in [4.69, 9.17) is 9.31 Å². The quantitative estimate of drug-likeness (QED) is 0.466. The van der Waals surface area contributed by atoms with Crippen molar-refractivity contribution in [3.8, 4) is 0 Å². The summed E-state index contributed by atoms with van der Waals surface area (Å²) in [6.45, 7) is 7.70. The molecule has 0 aliphatic carbocycles. The van der Waals surface area contributed by atoms with E-state index in [0.29, 0.717) is 5.46 Å². The minimum absolute atomic E-state index is 0.0460. The topological polar surface area (TPSA) is 47.9 Å². The van der Waals surface area contributed by atoms with E-state index in [9.17, 15) is 9.18 Å². The van der Waals surface area contributed by atoms with E-state index in [1.165, 1.54) is 18.2 Å². The largest absolute Gasteiger partial charge is 0.494 e. The average molecular weight is 263 g/mol. The number of hydrogen-bond acceptors (Lipinski definition) is 4. The molecule has 0 saturated carbocycles. The maximum Gasteiger partial charge on any atom is 0.494 e. The summed E-state index contributed by atoms with van der Waals surface area (Å²) in [6, 6.07) is 4.29. The highest BCUT2D eigenvalue weighted by atomic mass is 19.1. The van der Waals surface area contributed by atoms with Crippen LogP contribution in [0.4, 0.5) is 10.1 Å². The van der Waals surface area contributed by atoms with E-state index in [1.807, 2.05) is 27.7 Å². The molecule has 0 N–H and O–H groups in total. The number of benzene rings is 1. The van der Waals surface area contributed by atoms with Gasteiger partial charge in [0.1, 0.15) is 11.5 Å². The Balaban J connectivity index is 2.30. The molecule has 2 rings (SSSR count). The zero-order valence-corrected chi connectivity index (χ0v) is 11.4. The molecule has 0 spiro atoms. The van der Waals surface area contributed by atoms with Crippen molar-refractivity contribution >= 4 is 24.3 Å². The first-order valence-corrected chi connectivity index (χ1v) is 6.00. The van der Waals surface area contributed by atoms with Gasteiger partial charge >= 0.3 is 7.12 Å². The van der Waals surface area contributed by atoms with Crippen LogP contribution in [-0.2, 0) is 14.1 Å². The molecule has 1 fully saturated rings. The van der Waals surface area contributed by atoms with Crippen LogP contribution in [0.15, 0.2) is 23.2 Å². The predicted molar refractivity (Wildman–Crippen MR) is 69.9 cm³/mol. The van der Waals surface area contributed by atoms with Gasteiger partial charge in [0, 0.05) is 0 Å². The predicted octanol–water partition coefficient (Wildman–Crippen LogP) is 2.09. The van der Waals surface area contributed by atoms with Gasteiger partial charge in [-0.15, -0.1) is 0 Å². The zero-order chi connectivity index (χ0) is 14.3. The maximum atomic E-state index is 13.7. The van der Waals surface area contributed by atoms with E-state index in [1.54, 1.807) is 6.07 Å². The third kappa shape index (κ3) is 2.47. The number of isocyanates is 1. The first-order valence-electron chi connectivity index (χ1n) is 6.00. The van der Waals surface area contributed by atoms with Crippen molar-refractivity contribution in [1.82, 2.24) is 0 Å². The number of nitrogens with zero attached hydrogens (tertiary/aromatic N) is 1. The van der Waals surface area contributed by atoms with Crippen LogP contribution in [0.2, 0.25) is 0 Å². The second-order valence-electron chi connectivity index (χ2n) is 5.50. The van der Waals surface area contributed by atoms with Gasteiger partial charge in [0.25, 0.3) is 0 Å². The van der Waals surface area contributed by atoms with E-state index in [-0.39, 0.29) is 5.69 Å². The lowest BCUT2D eigenvalue weighted by Gasteiger charge is -2.32. The number of rotatable bonds is 2. The normalized spacial score (nSPS) is 20.2. The Bertz CT molecular complexity index is 537. The fourth-order valence-corrected chi connectivity index (χ4v) is 1.79. The van der Waals surface area contributed by atoms with E-state index in [0.717, 1.165) is 0 Å². The average Bonchev–Trinajstić information content (AvgIpc) is 2.51. The van der Waals surface area contributed by atoms with E-state index < -0.39 is 24.1 Å². The van der Waals surface area contributed by atoms with Crippen LogP contribution in [0, 0.1) is 5.82 Å². The fraction of sp³-hybridized carbons (Fsp3) is 0.462. The molecule has 1 saturated heterocycles. The smallest absolute Gasteiger partial charge is 0.399 e. The van der Waals surface area contributed by atoms with Crippen LogP contribution < -0.4 is 5.46 Å². The van der Waals surface area contributed by atoms with E-state index >= 15 is 0 Å². The van der Waals surface area contributed by atoms with Gasteiger partial charge in [0.05, 0.1) is 11.2 Å². The van der Waals surface area contributed by atoms with Crippen molar-refractivity contribution in [3.63, 3.8) is 0 Å². The summed E-state index contributed by atoms with van der Waals surface area (Å²) < 4.78 is 25.3. The van der Waals surface area contributed by atoms with Crippen molar-refractivity contribution in [2.75, 3.05) is 0 Å². The molecule has 0 atom stereocenters. The van der Waals surface area contributed by atoms with E-state index in [2.05, 4.69) is 4.99 Å². The molecule has 1 aromatic carbocycles. The number of carbonyl (C=O) groups excluding carboxylic acids is 1. The van der Waals surface area contributed by atoms with Gasteiger partial charge in [-0.25, -0.2) is 9.18 Å². The lowest BCUT2D eigenvalue weighted by molar-refractivity contribution is 0.00578. The molecule has 1 aliphatic heterocycles. The Labute approximate surface area is 111 Å². The molecular weight excluding hydrogens is 248 g/mol. The van der Waals surface area contributed by atoms with Gasteiger partial charge in [-0.2, -0.15) is 4.99 Å². The first kappa shape index (κ1) is 13.9. The molecule has 0 radical (unpaired) electrons. The molecule has 19 heavy (non-hydrogen) atoms. The molecule has 0 amide bonds. The summed E-state index contributed by atoms with van der Waals surface area (Å²) in [5, 5.41) is 0. The first-order chi connectivity index (χ1) is 8.77. The molecule has 0 aromatic heterocycles. The van der Waals surface area contributed by atoms with Crippen molar-refractivity contribution < 1.29 is 18.5 Å². The number of hydrogen-bond donors (Lipinski definition) is 0. The second-order valence-corrected chi connectivity index (χ2v) is 5.50. The highest BCUT2D eigenvalue weighted by Crippen LogP contribution is 2.36. The molecule has 6 heteroatoms. The molecular formula is C13H15BFNO3. The molecule has 100 valence electrons. The third-order valence-electron chi connectivity index (χ3n) is 3.66. The highest BCUT2D eigenvalue weighted by Gasteiger charge is 2.51. The Morgan fingerprint density at radius 3 is 2.26 bits per heavy atom. The Hall–Kier alpha value is -1.49. The van der Waals surface area contributed by atoms with Crippen LogP contribution >= 0.6 is 0 Å². The Morgan fingerprint density at radius 1 is 1.21 bits per heavy atom. The van der Waals surface area contributed by atoms with Gasteiger partial charge in [0.2, 0.25) is 6.08 Å². The molecule has 1 aromatic rings. The van der Waals surface area contributed by atoms with Gasteiger partial charge in [-0.1, -0.05) is 6.07 Å². The summed E-state index contributed by atoms with van der Waals surface area (Å²) in [5.41, 5.74) is -0.446. The summed E-state index contributed by atoms with van der Waals surface area (Å²) in [5.74, 6) is -0.601. The molecule has 1 aliphatic rings. The van der Waals surface area contributed by atoms with Crippen LogP contribution in [0.3, 0.4) is 0 Å². The van der Waals surface area contributed by atoms with Gasteiger partial charge in [0.15, 0.2) is 0 Å². The molecule has 0 bridgehead atoms. The highest BCUT2D eigenvalue weighted by molar-refractivity contribution is 6.62. The molecule has 0 unspecified atom stereocenters. The third-order valence-corrected chi connectivity index (χ3v) is 3.66. The van der Waals surface area contributed by atoms with Crippen molar-refractivity contribution in [2.45, 2.75) is 38.9 Å². The van der Waals surface area contributed by atoms with Gasteiger partial charge < -0.3 is 9.31 Å². The number of halogens is 1. The monoisotopic (exact) mass is 263 g/mol. The van der Waals surface area contributed by atoms with Crippen molar-refractivity contribution in [2.24, 2.45) is 4.99 Å². The van der Waals surface area contributed by atoms with Crippen molar-refractivity contribution in [1.29, 1.82) is 0 Å². The minimum Gasteiger partial charge on any atom is -0.399 e. The fourth-order valence-electron chi connectivity index (χ4n) is 1.79. The standard InChI is InChI=1S/C13H15BFNO3/c1-12(2)13(3,4)19-14(18-12)9-5-6-11(16-8-17)10(15)7-9/h5-7H,1-4H3. The van der Waals surface area contributed by atoms with Crippen LogP contribution in [0.5, 0.6) is 0 Å². The molecule has 4 nitrogen and oxygen atoms in total. The maximum absolute atomic E-state index is 13.7. The Morgan fingerprint density at radius 2 is 1.79 bits per heavy atom. The Kier molecular flexibility index (Phi) is 3.35. The lowest BCUT2D eigenvalue weighted by Crippen LogP contribution is -2.41. The summed E-state index contributed by atoms with van der Waals surface area (Å²) in [7, 11) is -0.631. The minimum atomic E-state index is -0.631. The van der Waals surface area contributed by atoms with Crippen molar-refractivity contribution in [3.05, 3.63) is 24.0 Å². The summed E-state index contributed by atoms with van der Waals surface area (Å²) in [6.07, 6.45) is 1.31. The lowest BCUT2D eigenvalue weighted by atomic mass is 9.79. The van der Waals surface area contributed by atoms with Gasteiger partial charge in [-0.3, -0.25) is 0 Å². The summed E-state index contributed by atoms with van der Waals surface area (Å²) in [4.78, 5) is 13.4. The van der Waals surface area contributed by atoms with Gasteiger partial charge in [-0.05, 0) is 45.3 Å².